The lowest BCUT2D eigenvalue weighted by molar-refractivity contribution is -0.117. The Labute approximate surface area is 110 Å². The fraction of sp³-hybridized carbons (Fsp3) is 0.462. The number of benzene rings is 1. The molecule has 1 N–H and O–H groups in total. The highest BCUT2D eigenvalue weighted by Crippen LogP contribution is 2.15. The second kappa shape index (κ2) is 7.56. The number of halogens is 2. The van der Waals surface area contributed by atoms with E-state index >= 15 is 0 Å². The standard InChI is InChI=1S/C13H17BrFNO/c1-10(17)3-2-7-16-8-6-11-9-12(14)4-5-13(11)15/h4-5,9,16H,2-3,6-8H2,1H3. The molecule has 4 heteroatoms. The summed E-state index contributed by atoms with van der Waals surface area (Å²) in [4.78, 5) is 10.7. The van der Waals surface area contributed by atoms with E-state index in [1.807, 2.05) is 0 Å². The van der Waals surface area contributed by atoms with Gasteiger partial charge in [-0.3, -0.25) is 0 Å². The van der Waals surface area contributed by atoms with E-state index in [1.165, 1.54) is 6.07 Å². The van der Waals surface area contributed by atoms with Crippen LogP contribution in [0.15, 0.2) is 22.7 Å². The summed E-state index contributed by atoms with van der Waals surface area (Å²) in [6.45, 7) is 3.12. The molecule has 0 aromatic heterocycles. The van der Waals surface area contributed by atoms with Gasteiger partial charge in [-0.05, 0) is 56.6 Å². The molecule has 0 aliphatic rings. The number of hydrogen-bond acceptors (Lipinski definition) is 2. The molecule has 0 heterocycles. The van der Waals surface area contributed by atoms with E-state index in [9.17, 15) is 9.18 Å². The first-order valence-corrected chi connectivity index (χ1v) is 6.53. The van der Waals surface area contributed by atoms with Gasteiger partial charge in [0.25, 0.3) is 0 Å². The van der Waals surface area contributed by atoms with Crippen LogP contribution in [0, 0.1) is 5.82 Å². The Hall–Kier alpha value is -0.740. The van der Waals surface area contributed by atoms with Gasteiger partial charge in [0.2, 0.25) is 0 Å². The maximum absolute atomic E-state index is 13.4. The predicted molar refractivity (Wildman–Crippen MR) is 70.6 cm³/mol. The van der Waals surface area contributed by atoms with Gasteiger partial charge in [-0.25, -0.2) is 4.39 Å². The minimum Gasteiger partial charge on any atom is -0.316 e. The van der Waals surface area contributed by atoms with Gasteiger partial charge in [0, 0.05) is 10.9 Å². The normalized spacial score (nSPS) is 10.5. The fourth-order valence-corrected chi connectivity index (χ4v) is 1.95. The molecule has 0 saturated carbocycles. The van der Waals surface area contributed by atoms with Crippen molar-refractivity contribution in [1.29, 1.82) is 0 Å². The number of Topliss-reactive ketones (excluding diaryl/α,β-unsaturated/α-hetero) is 1. The van der Waals surface area contributed by atoms with Crippen molar-refractivity contribution in [2.24, 2.45) is 0 Å². The second-order valence-corrected chi connectivity index (χ2v) is 4.96. The summed E-state index contributed by atoms with van der Waals surface area (Å²) >= 11 is 3.32. The molecular formula is C13H17BrFNO. The molecular weight excluding hydrogens is 285 g/mol. The van der Waals surface area contributed by atoms with Gasteiger partial charge >= 0.3 is 0 Å². The first kappa shape index (κ1) is 14.3. The van der Waals surface area contributed by atoms with E-state index in [1.54, 1.807) is 19.1 Å². The Morgan fingerprint density at radius 3 is 2.88 bits per heavy atom. The lowest BCUT2D eigenvalue weighted by Crippen LogP contribution is -2.19. The van der Waals surface area contributed by atoms with Crippen LogP contribution in [0.25, 0.3) is 0 Å². The topological polar surface area (TPSA) is 29.1 Å². The van der Waals surface area contributed by atoms with Crippen LogP contribution in [0.3, 0.4) is 0 Å². The molecule has 0 amide bonds. The van der Waals surface area contributed by atoms with Gasteiger partial charge < -0.3 is 10.1 Å². The quantitative estimate of drug-likeness (QED) is 0.784. The average molecular weight is 302 g/mol. The van der Waals surface area contributed by atoms with Crippen molar-refractivity contribution in [1.82, 2.24) is 5.32 Å². The van der Waals surface area contributed by atoms with Gasteiger partial charge in [-0.15, -0.1) is 0 Å². The van der Waals surface area contributed by atoms with Crippen molar-refractivity contribution < 1.29 is 9.18 Å². The highest BCUT2D eigenvalue weighted by molar-refractivity contribution is 9.10. The summed E-state index contributed by atoms with van der Waals surface area (Å²) in [6.07, 6.45) is 2.11. The van der Waals surface area contributed by atoms with Crippen LogP contribution < -0.4 is 5.32 Å². The number of carbonyl (C=O) groups is 1. The van der Waals surface area contributed by atoms with Gasteiger partial charge in [0.1, 0.15) is 11.6 Å². The van der Waals surface area contributed by atoms with Gasteiger partial charge in [0.15, 0.2) is 0 Å². The first-order chi connectivity index (χ1) is 8.09. The monoisotopic (exact) mass is 301 g/mol. The highest BCUT2D eigenvalue weighted by atomic mass is 79.9. The fourth-order valence-electron chi connectivity index (χ4n) is 1.55. The smallest absolute Gasteiger partial charge is 0.129 e. The molecule has 0 radical (unpaired) electrons. The summed E-state index contributed by atoms with van der Waals surface area (Å²) in [5.74, 6) is 0.0450. The SMILES string of the molecule is CC(=O)CCCNCCc1cc(Br)ccc1F. The molecule has 0 saturated heterocycles. The highest BCUT2D eigenvalue weighted by Gasteiger charge is 2.02. The van der Waals surface area contributed by atoms with E-state index in [-0.39, 0.29) is 11.6 Å². The maximum Gasteiger partial charge on any atom is 0.129 e. The molecule has 0 aliphatic carbocycles. The molecule has 0 spiro atoms. The Morgan fingerprint density at radius 1 is 1.41 bits per heavy atom. The van der Waals surface area contributed by atoms with Crippen molar-refractivity contribution in [2.45, 2.75) is 26.2 Å². The van der Waals surface area contributed by atoms with Crippen molar-refractivity contribution in [3.05, 3.63) is 34.1 Å². The van der Waals surface area contributed by atoms with E-state index < -0.39 is 0 Å². The van der Waals surface area contributed by atoms with E-state index in [4.69, 9.17) is 0 Å². The molecule has 1 rings (SSSR count). The minimum atomic E-state index is -0.168. The lowest BCUT2D eigenvalue weighted by atomic mass is 10.1. The molecule has 2 nitrogen and oxygen atoms in total. The molecule has 17 heavy (non-hydrogen) atoms. The van der Waals surface area contributed by atoms with E-state index in [2.05, 4.69) is 21.2 Å². The van der Waals surface area contributed by atoms with Crippen molar-refractivity contribution in [3.8, 4) is 0 Å². The predicted octanol–water partition coefficient (Wildman–Crippen LogP) is 3.09. The van der Waals surface area contributed by atoms with Crippen LogP contribution in [-0.4, -0.2) is 18.9 Å². The zero-order valence-corrected chi connectivity index (χ0v) is 11.5. The summed E-state index contributed by atoms with van der Waals surface area (Å²) in [7, 11) is 0. The zero-order chi connectivity index (χ0) is 12.7. The third-order valence-electron chi connectivity index (χ3n) is 2.46. The molecule has 0 unspecified atom stereocenters. The summed E-state index contributed by atoms with van der Waals surface area (Å²) in [5, 5.41) is 3.20. The number of rotatable bonds is 7. The number of ketones is 1. The molecule has 1 aromatic carbocycles. The van der Waals surface area contributed by atoms with Crippen molar-refractivity contribution in [2.75, 3.05) is 13.1 Å². The second-order valence-electron chi connectivity index (χ2n) is 4.04. The van der Waals surface area contributed by atoms with Crippen LogP contribution >= 0.6 is 15.9 Å². The van der Waals surface area contributed by atoms with E-state index in [0.717, 1.165) is 24.0 Å². The first-order valence-electron chi connectivity index (χ1n) is 5.73. The van der Waals surface area contributed by atoms with Crippen LogP contribution in [0.5, 0.6) is 0 Å². The number of hydrogen-bond donors (Lipinski definition) is 1. The van der Waals surface area contributed by atoms with Gasteiger partial charge in [-0.1, -0.05) is 15.9 Å². The largest absolute Gasteiger partial charge is 0.316 e. The van der Waals surface area contributed by atoms with Gasteiger partial charge in [0.05, 0.1) is 0 Å². The van der Waals surface area contributed by atoms with Crippen molar-refractivity contribution in [3.63, 3.8) is 0 Å². The third kappa shape index (κ3) is 5.94. The number of nitrogens with one attached hydrogen (secondary N) is 1. The Kier molecular flexibility index (Phi) is 6.37. The molecule has 0 bridgehead atoms. The van der Waals surface area contributed by atoms with Gasteiger partial charge in [-0.2, -0.15) is 0 Å². The molecule has 94 valence electrons. The van der Waals surface area contributed by atoms with Crippen LogP contribution in [0.4, 0.5) is 4.39 Å². The average Bonchev–Trinajstić information content (AvgIpc) is 2.27. The van der Waals surface area contributed by atoms with E-state index in [0.29, 0.717) is 18.4 Å². The summed E-state index contributed by atoms with van der Waals surface area (Å²) in [5.41, 5.74) is 0.707. The zero-order valence-electron chi connectivity index (χ0n) is 9.93. The van der Waals surface area contributed by atoms with Crippen LogP contribution in [0.1, 0.15) is 25.3 Å². The summed E-state index contributed by atoms with van der Waals surface area (Å²) in [6, 6.07) is 4.96. The maximum atomic E-state index is 13.4. The number of carbonyl (C=O) groups excluding carboxylic acids is 1. The Bertz CT molecular complexity index is 382. The van der Waals surface area contributed by atoms with Crippen LogP contribution in [0.2, 0.25) is 0 Å². The van der Waals surface area contributed by atoms with Crippen molar-refractivity contribution >= 4 is 21.7 Å². The Morgan fingerprint density at radius 2 is 2.18 bits per heavy atom. The molecule has 0 aliphatic heterocycles. The summed E-state index contributed by atoms with van der Waals surface area (Å²) < 4.78 is 14.3. The Balaban J connectivity index is 2.22. The van der Waals surface area contributed by atoms with Crippen LogP contribution in [-0.2, 0) is 11.2 Å². The third-order valence-corrected chi connectivity index (χ3v) is 2.95. The minimum absolute atomic E-state index is 0.168. The molecule has 0 fully saturated rings. The lowest BCUT2D eigenvalue weighted by Gasteiger charge is -2.05. The molecule has 1 aromatic rings. The molecule has 0 atom stereocenters.